The summed E-state index contributed by atoms with van der Waals surface area (Å²) < 4.78 is 6.59. The van der Waals surface area contributed by atoms with Gasteiger partial charge in [-0.2, -0.15) is 0 Å². The first-order valence-corrected chi connectivity index (χ1v) is 6.64. The normalized spacial score (nSPS) is 16.8. The van der Waals surface area contributed by atoms with Crippen molar-refractivity contribution in [3.05, 3.63) is 17.7 Å². The van der Waals surface area contributed by atoms with Crippen molar-refractivity contribution in [1.29, 1.82) is 0 Å². The predicted molar refractivity (Wildman–Crippen MR) is 76.4 cm³/mol. The summed E-state index contributed by atoms with van der Waals surface area (Å²) in [5, 5.41) is 2.77. The number of amides is 1. The Labute approximate surface area is 128 Å². The maximum atomic E-state index is 11.5. The monoisotopic (exact) mass is 321 g/mol. The van der Waals surface area contributed by atoms with Gasteiger partial charge < -0.3 is 14.6 Å². The van der Waals surface area contributed by atoms with Crippen molar-refractivity contribution < 1.29 is 14.3 Å². The zero-order chi connectivity index (χ0) is 13.8. The third-order valence-electron chi connectivity index (χ3n) is 3.27. The number of imidazole rings is 1. The second-order valence-electron chi connectivity index (χ2n) is 4.50. The first kappa shape index (κ1) is 16.8. The Morgan fingerprint density at radius 1 is 1.60 bits per heavy atom. The van der Waals surface area contributed by atoms with Gasteiger partial charge >= 0.3 is 5.97 Å². The number of fused-ring (bicyclic) bond motifs is 1. The van der Waals surface area contributed by atoms with Gasteiger partial charge in [-0.1, -0.05) is 0 Å². The molecule has 1 aliphatic rings. The minimum Gasteiger partial charge on any atom is -0.464 e. The lowest BCUT2D eigenvalue weighted by atomic mass is 9.97. The summed E-state index contributed by atoms with van der Waals surface area (Å²) in [6.45, 7) is 1.30. The zero-order valence-corrected chi connectivity index (χ0v) is 12.7. The van der Waals surface area contributed by atoms with E-state index < -0.39 is 0 Å². The van der Waals surface area contributed by atoms with E-state index in [1.807, 2.05) is 4.57 Å². The van der Waals surface area contributed by atoms with Crippen LogP contribution in [0, 0.1) is 5.92 Å². The molecule has 8 heteroatoms. The summed E-state index contributed by atoms with van der Waals surface area (Å²) >= 11 is 5.43. The number of methoxy groups -OCH3 is 1. The Hall–Kier alpha value is -1.27. The molecule has 1 unspecified atom stereocenters. The molecular weight excluding hydrogens is 305 g/mol. The quantitative estimate of drug-likeness (QED) is 0.663. The third kappa shape index (κ3) is 3.64. The Balaban J connectivity index is 0.00000200. The lowest BCUT2D eigenvalue weighted by Crippen LogP contribution is -2.34. The number of hydrogen-bond acceptors (Lipinski definition) is 4. The average Bonchev–Trinajstić information content (AvgIpc) is 2.86. The van der Waals surface area contributed by atoms with Crippen LogP contribution in [0.3, 0.4) is 0 Å². The highest BCUT2D eigenvalue weighted by molar-refractivity contribution is 6.27. The molecule has 0 bridgehead atoms. The molecule has 1 aromatic heterocycles. The molecule has 2 heterocycles. The second kappa shape index (κ2) is 7.50. The molecule has 112 valence electrons. The van der Waals surface area contributed by atoms with Crippen molar-refractivity contribution in [2.24, 2.45) is 5.92 Å². The Morgan fingerprint density at radius 3 is 3.00 bits per heavy atom. The highest BCUT2D eigenvalue weighted by Crippen LogP contribution is 2.21. The number of nitrogens with one attached hydrogen (secondary N) is 1. The van der Waals surface area contributed by atoms with Gasteiger partial charge in [0.05, 0.1) is 13.3 Å². The van der Waals surface area contributed by atoms with E-state index in [4.69, 9.17) is 16.3 Å². The fourth-order valence-corrected chi connectivity index (χ4v) is 2.34. The number of carbonyl (C=O) groups excluding carboxylic acids is 2. The van der Waals surface area contributed by atoms with Crippen molar-refractivity contribution in [2.75, 3.05) is 19.5 Å². The van der Waals surface area contributed by atoms with Gasteiger partial charge in [0.1, 0.15) is 17.4 Å². The predicted octanol–water partition coefficient (Wildman–Crippen LogP) is 1.01. The van der Waals surface area contributed by atoms with Crippen LogP contribution in [0.2, 0.25) is 0 Å². The van der Waals surface area contributed by atoms with Crippen LogP contribution in [0.25, 0.3) is 0 Å². The van der Waals surface area contributed by atoms with Crippen LogP contribution in [-0.2, 0) is 22.5 Å². The number of nitrogens with zero attached hydrogens (tertiary/aromatic N) is 2. The molecule has 0 fully saturated rings. The molecule has 2 rings (SSSR count). The van der Waals surface area contributed by atoms with E-state index in [9.17, 15) is 9.59 Å². The summed E-state index contributed by atoms with van der Waals surface area (Å²) in [5.74, 6) is 0.635. The SMILES string of the molecule is COC(=O)c1cnc2n1CCC(CNC(=O)CCl)C2.Cl. The van der Waals surface area contributed by atoms with E-state index in [-0.39, 0.29) is 30.2 Å². The largest absolute Gasteiger partial charge is 0.464 e. The van der Waals surface area contributed by atoms with E-state index in [2.05, 4.69) is 10.3 Å². The van der Waals surface area contributed by atoms with Gasteiger partial charge in [-0.25, -0.2) is 9.78 Å². The molecule has 20 heavy (non-hydrogen) atoms. The van der Waals surface area contributed by atoms with Crippen molar-refractivity contribution >= 4 is 35.9 Å². The first-order chi connectivity index (χ1) is 9.15. The Bertz CT molecular complexity index is 490. The van der Waals surface area contributed by atoms with Crippen LogP contribution in [0.4, 0.5) is 0 Å². The number of carbonyl (C=O) groups is 2. The minimum absolute atomic E-state index is 0. The fourth-order valence-electron chi connectivity index (χ4n) is 2.25. The van der Waals surface area contributed by atoms with Crippen molar-refractivity contribution in [1.82, 2.24) is 14.9 Å². The number of rotatable bonds is 4. The number of ether oxygens (including phenoxy) is 1. The van der Waals surface area contributed by atoms with Gasteiger partial charge in [-0.05, 0) is 12.3 Å². The molecule has 0 saturated heterocycles. The van der Waals surface area contributed by atoms with Gasteiger partial charge in [0.25, 0.3) is 0 Å². The zero-order valence-electron chi connectivity index (χ0n) is 11.1. The van der Waals surface area contributed by atoms with E-state index in [1.54, 1.807) is 6.20 Å². The molecule has 1 N–H and O–H groups in total. The van der Waals surface area contributed by atoms with Crippen LogP contribution in [0.5, 0.6) is 0 Å². The van der Waals surface area contributed by atoms with Gasteiger partial charge in [0, 0.05) is 19.5 Å². The lowest BCUT2D eigenvalue weighted by Gasteiger charge is -2.24. The van der Waals surface area contributed by atoms with Gasteiger partial charge in [0.2, 0.25) is 5.91 Å². The number of esters is 1. The summed E-state index contributed by atoms with van der Waals surface area (Å²) in [6, 6.07) is 0. The highest BCUT2D eigenvalue weighted by atomic mass is 35.5. The van der Waals surface area contributed by atoms with Crippen LogP contribution in [0.15, 0.2) is 6.20 Å². The number of aromatic nitrogens is 2. The molecule has 1 aliphatic heterocycles. The summed E-state index contributed by atoms with van der Waals surface area (Å²) in [7, 11) is 1.36. The molecule has 0 spiro atoms. The van der Waals surface area contributed by atoms with Crippen LogP contribution in [-0.4, -0.2) is 41.0 Å². The van der Waals surface area contributed by atoms with Crippen LogP contribution < -0.4 is 5.32 Å². The molecule has 1 atom stereocenters. The van der Waals surface area contributed by atoms with Crippen LogP contribution in [0.1, 0.15) is 22.7 Å². The molecule has 1 aromatic rings. The highest BCUT2D eigenvalue weighted by Gasteiger charge is 2.24. The van der Waals surface area contributed by atoms with Crippen molar-refractivity contribution in [2.45, 2.75) is 19.4 Å². The topological polar surface area (TPSA) is 73.2 Å². The van der Waals surface area contributed by atoms with Gasteiger partial charge in [-0.3, -0.25) is 4.79 Å². The number of alkyl halides is 1. The molecule has 0 aromatic carbocycles. The van der Waals surface area contributed by atoms with E-state index in [0.29, 0.717) is 24.7 Å². The number of hydrogen-bond donors (Lipinski definition) is 1. The maximum absolute atomic E-state index is 11.5. The smallest absolute Gasteiger partial charge is 0.356 e. The molecule has 6 nitrogen and oxygen atoms in total. The standard InChI is InChI=1S/C12H16ClN3O3.ClH/c1-19-12(18)9-7-14-10-4-8(2-3-16(9)10)6-15-11(17)5-13;/h7-8H,2-6H2,1H3,(H,15,17);1H. The Kier molecular flexibility index (Phi) is 6.29. The second-order valence-corrected chi connectivity index (χ2v) is 4.77. The number of halogens is 2. The molecular formula is C12H17Cl2N3O3. The molecule has 0 saturated carbocycles. The maximum Gasteiger partial charge on any atom is 0.356 e. The third-order valence-corrected chi connectivity index (χ3v) is 3.52. The van der Waals surface area contributed by atoms with E-state index in [1.165, 1.54) is 7.11 Å². The lowest BCUT2D eigenvalue weighted by molar-refractivity contribution is -0.118. The minimum atomic E-state index is -0.368. The molecule has 0 radical (unpaired) electrons. The first-order valence-electron chi connectivity index (χ1n) is 6.11. The summed E-state index contributed by atoms with van der Waals surface area (Å²) in [5.41, 5.74) is 0.487. The van der Waals surface area contributed by atoms with E-state index >= 15 is 0 Å². The van der Waals surface area contributed by atoms with Crippen molar-refractivity contribution in [3.63, 3.8) is 0 Å². The van der Waals surface area contributed by atoms with Gasteiger partial charge in [-0.15, -0.1) is 24.0 Å². The summed E-state index contributed by atoms with van der Waals surface area (Å²) in [6.07, 6.45) is 3.16. The van der Waals surface area contributed by atoms with E-state index in [0.717, 1.165) is 18.7 Å². The van der Waals surface area contributed by atoms with Crippen molar-refractivity contribution in [3.8, 4) is 0 Å². The van der Waals surface area contributed by atoms with Crippen LogP contribution >= 0.6 is 24.0 Å². The Morgan fingerprint density at radius 2 is 2.35 bits per heavy atom. The average molecular weight is 322 g/mol. The summed E-state index contributed by atoms with van der Waals surface area (Å²) in [4.78, 5) is 26.9. The van der Waals surface area contributed by atoms with Gasteiger partial charge in [0.15, 0.2) is 0 Å². The fraction of sp³-hybridized carbons (Fsp3) is 0.583. The molecule has 1 amide bonds. The molecule has 0 aliphatic carbocycles.